The van der Waals surface area contributed by atoms with Crippen LogP contribution in [0.5, 0.6) is 0 Å². The molecule has 0 aliphatic rings. The summed E-state index contributed by atoms with van der Waals surface area (Å²) in [5, 5.41) is 11.1. The first-order valence-corrected chi connectivity index (χ1v) is 8.77. The van der Waals surface area contributed by atoms with Gasteiger partial charge in [0.05, 0.1) is 18.9 Å². The number of rotatable bonds is 12. The number of guanidine groups is 1. The van der Waals surface area contributed by atoms with Gasteiger partial charge in [-0.15, -0.1) is 0 Å². The quantitative estimate of drug-likeness (QED) is 0.343. The molecule has 138 valence electrons. The molecule has 0 unspecified atom stereocenters. The Balaban J connectivity index is 2.20. The number of methoxy groups -OCH3 is 1. The van der Waals surface area contributed by atoms with Gasteiger partial charge in [-0.05, 0) is 39.7 Å². The second-order valence-electron chi connectivity index (χ2n) is 5.65. The topological polar surface area (TPSA) is 72.7 Å². The van der Waals surface area contributed by atoms with E-state index >= 15 is 0 Å². The number of nitrogens with zero attached hydrogens (tertiary/aromatic N) is 3. The summed E-state index contributed by atoms with van der Waals surface area (Å²) in [7, 11) is 1.68. The average Bonchev–Trinajstić information content (AvgIpc) is 2.88. The fourth-order valence-corrected chi connectivity index (χ4v) is 2.28. The molecule has 1 aromatic heterocycles. The Morgan fingerprint density at radius 3 is 2.71 bits per heavy atom. The normalized spacial score (nSPS) is 11.8. The van der Waals surface area contributed by atoms with Gasteiger partial charge in [0.15, 0.2) is 5.96 Å². The molecule has 1 aromatic rings. The summed E-state index contributed by atoms with van der Waals surface area (Å²) >= 11 is 0. The average molecular weight is 339 g/mol. The van der Waals surface area contributed by atoms with E-state index in [2.05, 4.69) is 40.6 Å². The molecule has 2 N–H and O–H groups in total. The summed E-state index contributed by atoms with van der Waals surface area (Å²) in [6.45, 7) is 11.6. The summed E-state index contributed by atoms with van der Waals surface area (Å²) in [6.07, 6.45) is 1.92. The van der Waals surface area contributed by atoms with Gasteiger partial charge in [0.25, 0.3) is 0 Å². The highest BCUT2D eigenvalue weighted by atomic mass is 16.5. The maximum atomic E-state index is 5.44. The van der Waals surface area contributed by atoms with E-state index in [1.807, 2.05) is 11.6 Å². The molecular formula is C17H33N5O2. The van der Waals surface area contributed by atoms with Crippen molar-refractivity contribution in [1.29, 1.82) is 0 Å². The van der Waals surface area contributed by atoms with Gasteiger partial charge in [-0.2, -0.15) is 5.10 Å². The van der Waals surface area contributed by atoms with Gasteiger partial charge in [0.2, 0.25) is 0 Å². The molecule has 7 heteroatoms. The Morgan fingerprint density at radius 2 is 2.04 bits per heavy atom. The second-order valence-corrected chi connectivity index (χ2v) is 5.65. The van der Waals surface area contributed by atoms with Gasteiger partial charge >= 0.3 is 0 Å². The molecule has 0 fully saturated rings. The number of aliphatic imine (C=N–C) groups is 1. The Bertz CT molecular complexity index is 474. The number of nitrogens with one attached hydrogen (secondary N) is 2. The number of aryl methyl sites for hydroxylation is 3. The summed E-state index contributed by atoms with van der Waals surface area (Å²) in [4.78, 5) is 4.60. The smallest absolute Gasteiger partial charge is 0.191 e. The van der Waals surface area contributed by atoms with Crippen molar-refractivity contribution >= 4 is 5.96 Å². The van der Waals surface area contributed by atoms with Gasteiger partial charge in [-0.25, -0.2) is 0 Å². The Kier molecular flexibility index (Phi) is 10.9. The van der Waals surface area contributed by atoms with E-state index in [1.165, 1.54) is 5.69 Å². The molecule has 0 bridgehead atoms. The second kappa shape index (κ2) is 12.8. The number of hydrogen-bond donors (Lipinski definition) is 2. The molecule has 0 aliphatic heterocycles. The Morgan fingerprint density at radius 1 is 1.21 bits per heavy atom. The van der Waals surface area contributed by atoms with Crippen LogP contribution in [0.4, 0.5) is 0 Å². The maximum absolute atomic E-state index is 5.44. The Hall–Kier alpha value is -1.60. The van der Waals surface area contributed by atoms with Crippen molar-refractivity contribution in [3.63, 3.8) is 0 Å². The van der Waals surface area contributed by atoms with E-state index in [4.69, 9.17) is 9.47 Å². The minimum absolute atomic E-state index is 0.646. The number of ether oxygens (including phenoxy) is 2. The van der Waals surface area contributed by atoms with Gasteiger partial charge < -0.3 is 20.1 Å². The molecule has 0 atom stereocenters. The van der Waals surface area contributed by atoms with Gasteiger partial charge in [-0.3, -0.25) is 9.67 Å². The van der Waals surface area contributed by atoms with Crippen LogP contribution in [-0.2, 0) is 16.0 Å². The SMILES string of the molecule is CCNC(=NCCCn1nc(C)cc1C)NCCCOCCOC. The van der Waals surface area contributed by atoms with Crippen molar-refractivity contribution in [2.75, 3.05) is 46.6 Å². The van der Waals surface area contributed by atoms with Crippen LogP contribution in [0.3, 0.4) is 0 Å². The molecule has 0 aromatic carbocycles. The third kappa shape index (κ3) is 8.88. The highest BCUT2D eigenvalue weighted by Crippen LogP contribution is 2.02. The molecule has 7 nitrogen and oxygen atoms in total. The van der Waals surface area contributed by atoms with Crippen LogP contribution in [0.15, 0.2) is 11.1 Å². The minimum atomic E-state index is 0.646. The van der Waals surface area contributed by atoms with Crippen molar-refractivity contribution in [3.05, 3.63) is 17.5 Å². The third-order valence-electron chi connectivity index (χ3n) is 3.44. The van der Waals surface area contributed by atoms with E-state index in [1.54, 1.807) is 7.11 Å². The predicted molar refractivity (Wildman–Crippen MR) is 97.6 cm³/mol. The number of aromatic nitrogens is 2. The minimum Gasteiger partial charge on any atom is -0.382 e. The molecule has 24 heavy (non-hydrogen) atoms. The van der Waals surface area contributed by atoms with E-state index < -0.39 is 0 Å². The molecule has 0 radical (unpaired) electrons. The summed E-state index contributed by atoms with van der Waals surface area (Å²) in [5.74, 6) is 0.864. The molecule has 0 spiro atoms. The van der Waals surface area contributed by atoms with E-state index in [-0.39, 0.29) is 0 Å². The van der Waals surface area contributed by atoms with Crippen LogP contribution in [0.1, 0.15) is 31.2 Å². The first-order chi connectivity index (χ1) is 11.7. The predicted octanol–water partition coefficient (Wildman–Crippen LogP) is 1.50. The van der Waals surface area contributed by atoms with E-state index in [0.717, 1.165) is 57.3 Å². The van der Waals surface area contributed by atoms with Crippen LogP contribution in [0.25, 0.3) is 0 Å². The van der Waals surface area contributed by atoms with Crippen LogP contribution < -0.4 is 10.6 Å². The lowest BCUT2D eigenvalue weighted by atomic mass is 10.4. The van der Waals surface area contributed by atoms with Crippen molar-refractivity contribution < 1.29 is 9.47 Å². The van der Waals surface area contributed by atoms with Gasteiger partial charge in [-0.1, -0.05) is 0 Å². The lowest BCUT2D eigenvalue weighted by molar-refractivity contribution is 0.0698. The van der Waals surface area contributed by atoms with E-state index in [0.29, 0.717) is 13.2 Å². The zero-order chi connectivity index (χ0) is 17.6. The monoisotopic (exact) mass is 339 g/mol. The van der Waals surface area contributed by atoms with Crippen LogP contribution in [0.2, 0.25) is 0 Å². The summed E-state index contributed by atoms with van der Waals surface area (Å²) in [6, 6.07) is 2.10. The standard InChI is InChI=1S/C17H33N5O2/c1-5-18-17(20-9-7-11-24-13-12-23-4)19-8-6-10-22-16(3)14-15(2)21-22/h14H,5-13H2,1-4H3,(H2,18,19,20). The third-order valence-corrected chi connectivity index (χ3v) is 3.44. The highest BCUT2D eigenvalue weighted by Gasteiger charge is 2.00. The zero-order valence-corrected chi connectivity index (χ0v) is 15.6. The van der Waals surface area contributed by atoms with Crippen molar-refractivity contribution in [2.24, 2.45) is 4.99 Å². The lowest BCUT2D eigenvalue weighted by Gasteiger charge is -2.11. The molecule has 0 amide bonds. The van der Waals surface area contributed by atoms with E-state index in [9.17, 15) is 0 Å². The first kappa shape index (κ1) is 20.4. The molecule has 1 rings (SSSR count). The molecule has 0 saturated heterocycles. The lowest BCUT2D eigenvalue weighted by Crippen LogP contribution is -2.38. The van der Waals surface area contributed by atoms with Crippen LogP contribution >= 0.6 is 0 Å². The zero-order valence-electron chi connectivity index (χ0n) is 15.6. The summed E-state index contributed by atoms with van der Waals surface area (Å²) < 4.78 is 12.4. The Labute approximate surface area is 145 Å². The van der Waals surface area contributed by atoms with Crippen molar-refractivity contribution in [1.82, 2.24) is 20.4 Å². The van der Waals surface area contributed by atoms with Crippen molar-refractivity contribution in [3.8, 4) is 0 Å². The molecular weight excluding hydrogens is 306 g/mol. The molecule has 0 aliphatic carbocycles. The van der Waals surface area contributed by atoms with Crippen LogP contribution in [-0.4, -0.2) is 62.3 Å². The highest BCUT2D eigenvalue weighted by molar-refractivity contribution is 5.79. The molecule has 0 saturated carbocycles. The number of hydrogen-bond acceptors (Lipinski definition) is 4. The van der Waals surface area contributed by atoms with Gasteiger partial charge in [0, 0.05) is 45.6 Å². The largest absolute Gasteiger partial charge is 0.382 e. The van der Waals surface area contributed by atoms with Gasteiger partial charge in [0.1, 0.15) is 0 Å². The van der Waals surface area contributed by atoms with Crippen molar-refractivity contribution in [2.45, 2.75) is 40.2 Å². The molecule has 1 heterocycles. The fraction of sp³-hybridized carbons (Fsp3) is 0.765. The fourth-order valence-electron chi connectivity index (χ4n) is 2.28. The summed E-state index contributed by atoms with van der Waals surface area (Å²) in [5.41, 5.74) is 2.27. The van der Waals surface area contributed by atoms with Crippen LogP contribution in [0, 0.1) is 13.8 Å². The first-order valence-electron chi connectivity index (χ1n) is 8.77. The maximum Gasteiger partial charge on any atom is 0.191 e.